The molecule has 5 rings (SSSR count). The molecule has 0 aliphatic carbocycles. The van der Waals surface area contributed by atoms with E-state index in [-0.39, 0.29) is 42.0 Å². The minimum atomic E-state index is -3.66. The molecule has 2 aliphatic rings. The third-order valence-electron chi connectivity index (χ3n) is 6.86. The molecule has 0 aromatic heterocycles. The zero-order valence-electron chi connectivity index (χ0n) is 21.1. The number of rotatable bonds is 12. The minimum Gasteiger partial charge on any atom is -0.374 e. The van der Waals surface area contributed by atoms with Gasteiger partial charge in [-0.05, 0) is 28.8 Å². The molecule has 38 heavy (non-hydrogen) atoms. The standard InChI is InChI=1S/C30H33NO6S/c1-2-22-13-15-26(16-14-22)38(32,33)31-18-25-17-27-30(36-25)29(35-20-24-11-7-4-8-12-24)28(37-27)21-34-19-23-9-5-3-6-10-23/h2-16,25,27-31H,1,17-21H2/t25-,27-,28+,29+,30+/m0/s1. The molecular weight excluding hydrogens is 502 g/mol. The second kappa shape index (κ2) is 12.3. The summed E-state index contributed by atoms with van der Waals surface area (Å²) in [7, 11) is -3.66. The summed E-state index contributed by atoms with van der Waals surface area (Å²) in [5.74, 6) is 0. The quantitative estimate of drug-likeness (QED) is 0.372. The van der Waals surface area contributed by atoms with Crippen LogP contribution in [0.3, 0.4) is 0 Å². The minimum absolute atomic E-state index is 0.155. The highest BCUT2D eigenvalue weighted by atomic mass is 32.2. The van der Waals surface area contributed by atoms with E-state index in [2.05, 4.69) is 11.3 Å². The molecular formula is C30H33NO6S. The number of ether oxygens (including phenoxy) is 4. The van der Waals surface area contributed by atoms with Crippen molar-refractivity contribution >= 4 is 16.1 Å². The zero-order valence-corrected chi connectivity index (χ0v) is 22.0. The predicted octanol–water partition coefficient (Wildman–Crippen LogP) is 4.34. The van der Waals surface area contributed by atoms with Gasteiger partial charge in [0.2, 0.25) is 10.0 Å². The topological polar surface area (TPSA) is 83.1 Å². The van der Waals surface area contributed by atoms with Crippen molar-refractivity contribution in [2.75, 3.05) is 13.2 Å². The summed E-state index contributed by atoms with van der Waals surface area (Å²) in [6.45, 7) is 5.14. The maximum Gasteiger partial charge on any atom is 0.240 e. The molecule has 0 bridgehead atoms. The van der Waals surface area contributed by atoms with Crippen LogP contribution in [0.25, 0.3) is 6.08 Å². The Hall–Kier alpha value is -2.85. The number of sulfonamides is 1. The van der Waals surface area contributed by atoms with Gasteiger partial charge in [-0.2, -0.15) is 0 Å². The van der Waals surface area contributed by atoms with Gasteiger partial charge in [0.05, 0.1) is 36.9 Å². The summed E-state index contributed by atoms with van der Waals surface area (Å²) < 4.78 is 53.2. The van der Waals surface area contributed by atoms with Gasteiger partial charge in [0.15, 0.2) is 0 Å². The van der Waals surface area contributed by atoms with Crippen LogP contribution in [0.2, 0.25) is 0 Å². The average molecular weight is 536 g/mol. The Kier molecular flexibility index (Phi) is 8.68. The molecule has 0 radical (unpaired) electrons. The van der Waals surface area contributed by atoms with Crippen molar-refractivity contribution in [3.8, 4) is 0 Å². The van der Waals surface area contributed by atoms with E-state index in [0.717, 1.165) is 16.7 Å². The smallest absolute Gasteiger partial charge is 0.240 e. The van der Waals surface area contributed by atoms with E-state index in [9.17, 15) is 8.42 Å². The van der Waals surface area contributed by atoms with Gasteiger partial charge in [-0.25, -0.2) is 13.1 Å². The van der Waals surface area contributed by atoms with E-state index < -0.39 is 10.0 Å². The average Bonchev–Trinajstić information content (AvgIpc) is 3.49. The number of nitrogens with one attached hydrogen (secondary N) is 1. The third kappa shape index (κ3) is 6.58. The molecule has 2 fully saturated rings. The first-order valence-electron chi connectivity index (χ1n) is 12.8. The molecule has 0 amide bonds. The highest BCUT2D eigenvalue weighted by Gasteiger charge is 2.51. The lowest BCUT2D eigenvalue weighted by Crippen LogP contribution is -2.39. The lowest BCUT2D eigenvalue weighted by molar-refractivity contribution is -0.100. The summed E-state index contributed by atoms with van der Waals surface area (Å²) in [6, 6.07) is 26.5. The van der Waals surface area contributed by atoms with E-state index in [1.807, 2.05) is 60.7 Å². The number of benzene rings is 3. The molecule has 2 aliphatic heterocycles. The summed E-state index contributed by atoms with van der Waals surface area (Å²) in [4.78, 5) is 0.206. The van der Waals surface area contributed by atoms with Crippen LogP contribution in [0.5, 0.6) is 0 Å². The monoisotopic (exact) mass is 535 g/mol. The largest absolute Gasteiger partial charge is 0.374 e. The first kappa shape index (κ1) is 26.7. The maximum atomic E-state index is 12.8. The van der Waals surface area contributed by atoms with Crippen LogP contribution >= 0.6 is 0 Å². The number of hydrogen-bond acceptors (Lipinski definition) is 6. The van der Waals surface area contributed by atoms with Gasteiger partial charge in [0.1, 0.15) is 18.3 Å². The van der Waals surface area contributed by atoms with Gasteiger partial charge >= 0.3 is 0 Å². The van der Waals surface area contributed by atoms with E-state index in [1.54, 1.807) is 30.3 Å². The maximum absolute atomic E-state index is 12.8. The Morgan fingerprint density at radius 1 is 0.895 bits per heavy atom. The van der Waals surface area contributed by atoms with Gasteiger partial charge < -0.3 is 18.9 Å². The second-order valence-electron chi connectivity index (χ2n) is 9.56. The molecule has 0 saturated carbocycles. The van der Waals surface area contributed by atoms with Crippen LogP contribution in [0.1, 0.15) is 23.1 Å². The fraction of sp³-hybridized carbons (Fsp3) is 0.333. The van der Waals surface area contributed by atoms with Crippen molar-refractivity contribution in [2.24, 2.45) is 0 Å². The van der Waals surface area contributed by atoms with Gasteiger partial charge in [0.25, 0.3) is 0 Å². The first-order valence-corrected chi connectivity index (χ1v) is 14.3. The fourth-order valence-electron chi connectivity index (χ4n) is 4.86. The normalized spacial score (nSPS) is 24.8. The third-order valence-corrected chi connectivity index (χ3v) is 8.30. The molecule has 2 heterocycles. The molecule has 7 nitrogen and oxygen atoms in total. The highest BCUT2D eigenvalue weighted by molar-refractivity contribution is 7.89. The van der Waals surface area contributed by atoms with Crippen LogP contribution in [-0.2, 0) is 42.2 Å². The second-order valence-corrected chi connectivity index (χ2v) is 11.3. The highest BCUT2D eigenvalue weighted by Crippen LogP contribution is 2.36. The Bertz CT molecular complexity index is 1280. The van der Waals surface area contributed by atoms with E-state index in [0.29, 0.717) is 26.2 Å². The van der Waals surface area contributed by atoms with Crippen LogP contribution < -0.4 is 4.72 Å². The first-order chi connectivity index (χ1) is 18.5. The predicted molar refractivity (Wildman–Crippen MR) is 145 cm³/mol. The van der Waals surface area contributed by atoms with Crippen LogP contribution in [0.4, 0.5) is 0 Å². The molecule has 3 aromatic carbocycles. The van der Waals surface area contributed by atoms with Crippen molar-refractivity contribution in [2.45, 2.75) is 55.0 Å². The number of fused-ring (bicyclic) bond motifs is 1. The Morgan fingerprint density at radius 2 is 1.55 bits per heavy atom. The van der Waals surface area contributed by atoms with E-state index in [4.69, 9.17) is 18.9 Å². The summed E-state index contributed by atoms with van der Waals surface area (Å²) in [6.07, 6.45) is 0.824. The molecule has 0 unspecified atom stereocenters. The van der Waals surface area contributed by atoms with Crippen LogP contribution in [0.15, 0.2) is 96.4 Å². The molecule has 5 atom stereocenters. The molecule has 2 saturated heterocycles. The summed E-state index contributed by atoms with van der Waals surface area (Å²) in [5.41, 5.74) is 3.01. The Labute approximate surface area is 224 Å². The fourth-order valence-corrected chi connectivity index (χ4v) is 5.93. The zero-order chi connectivity index (χ0) is 26.4. The number of hydrogen-bond donors (Lipinski definition) is 1. The Balaban J connectivity index is 1.19. The lowest BCUT2D eigenvalue weighted by atomic mass is 10.1. The van der Waals surface area contributed by atoms with Crippen molar-refractivity contribution < 1.29 is 27.4 Å². The van der Waals surface area contributed by atoms with Crippen molar-refractivity contribution in [3.05, 3.63) is 108 Å². The summed E-state index contributed by atoms with van der Waals surface area (Å²) in [5, 5.41) is 0. The molecule has 0 spiro atoms. The van der Waals surface area contributed by atoms with Crippen molar-refractivity contribution in [1.82, 2.24) is 4.72 Å². The molecule has 1 N–H and O–H groups in total. The van der Waals surface area contributed by atoms with Crippen LogP contribution in [0, 0.1) is 0 Å². The summed E-state index contributed by atoms with van der Waals surface area (Å²) >= 11 is 0. The molecule has 200 valence electrons. The van der Waals surface area contributed by atoms with E-state index >= 15 is 0 Å². The van der Waals surface area contributed by atoms with Crippen molar-refractivity contribution in [3.63, 3.8) is 0 Å². The van der Waals surface area contributed by atoms with Crippen LogP contribution in [-0.4, -0.2) is 52.1 Å². The van der Waals surface area contributed by atoms with Gasteiger partial charge in [-0.15, -0.1) is 0 Å². The molecule has 8 heteroatoms. The Morgan fingerprint density at radius 3 is 2.21 bits per heavy atom. The molecule has 3 aromatic rings. The van der Waals surface area contributed by atoms with Gasteiger partial charge in [-0.1, -0.05) is 85.5 Å². The van der Waals surface area contributed by atoms with Gasteiger partial charge in [0, 0.05) is 13.0 Å². The SMILES string of the molecule is C=Cc1ccc(S(=O)(=O)NC[C@@H]2C[C@@H]3O[C@H](COCc4ccccc4)[C@@H](OCc4ccccc4)[C@@H]3O2)cc1. The van der Waals surface area contributed by atoms with E-state index in [1.165, 1.54) is 0 Å². The van der Waals surface area contributed by atoms with Gasteiger partial charge in [-0.3, -0.25) is 0 Å². The van der Waals surface area contributed by atoms with Crippen molar-refractivity contribution in [1.29, 1.82) is 0 Å². The lowest BCUT2D eigenvalue weighted by Gasteiger charge is -2.24.